The van der Waals surface area contributed by atoms with Gasteiger partial charge in [0.05, 0.1) is 0 Å². The molecule has 0 saturated heterocycles. The fourth-order valence-corrected chi connectivity index (χ4v) is 1.40. The lowest BCUT2D eigenvalue weighted by Crippen LogP contribution is -2.18. The molecule has 1 rings (SSSR count). The average molecular weight is 215 g/mol. The molecule has 78 valence electrons. The Morgan fingerprint density at radius 1 is 1.43 bits per heavy atom. The smallest absolute Gasteiger partial charge is 0.226 e. The summed E-state index contributed by atoms with van der Waals surface area (Å²) in [6.45, 7) is 4.24. The van der Waals surface area contributed by atoms with Crippen LogP contribution in [0.5, 0.6) is 0 Å². The molecule has 0 bridgehead atoms. The summed E-state index contributed by atoms with van der Waals surface area (Å²) in [5.41, 5.74) is 5.54. The molecule has 0 spiro atoms. The number of nitrogens with one attached hydrogen (secondary N) is 1. The summed E-state index contributed by atoms with van der Waals surface area (Å²) in [4.78, 5) is 7.82. The van der Waals surface area contributed by atoms with Crippen LogP contribution in [-0.4, -0.2) is 16.0 Å². The van der Waals surface area contributed by atoms with Crippen LogP contribution in [0.3, 0.4) is 0 Å². The van der Waals surface area contributed by atoms with E-state index in [1.54, 1.807) is 6.07 Å². The highest BCUT2D eigenvalue weighted by atomic mass is 35.5. The Labute approximate surface area is 88.9 Å². The van der Waals surface area contributed by atoms with Gasteiger partial charge in [0.1, 0.15) is 11.6 Å². The Balaban J connectivity index is 2.75. The van der Waals surface area contributed by atoms with Gasteiger partial charge in [-0.25, -0.2) is 9.97 Å². The van der Waals surface area contributed by atoms with Crippen LogP contribution in [0, 0.1) is 0 Å². The van der Waals surface area contributed by atoms with Crippen molar-refractivity contribution in [1.82, 2.24) is 9.97 Å². The van der Waals surface area contributed by atoms with E-state index in [0.717, 1.165) is 12.8 Å². The van der Waals surface area contributed by atoms with Crippen LogP contribution in [0.2, 0.25) is 5.28 Å². The predicted molar refractivity (Wildman–Crippen MR) is 59.4 cm³/mol. The first-order valence-electron chi connectivity index (χ1n) is 4.72. The standard InChI is InChI=1S/C9H15ClN4/c1-3-6(4-2)12-8-5-7(11)13-9(10)14-8/h5-6H,3-4H2,1-2H3,(H3,11,12,13,14). The Kier molecular flexibility index (Phi) is 3.95. The highest BCUT2D eigenvalue weighted by Gasteiger charge is 2.05. The van der Waals surface area contributed by atoms with Crippen LogP contribution in [0.1, 0.15) is 26.7 Å². The fourth-order valence-electron chi connectivity index (χ4n) is 1.21. The zero-order valence-corrected chi connectivity index (χ0v) is 9.17. The second kappa shape index (κ2) is 5.00. The molecule has 1 aromatic heterocycles. The maximum Gasteiger partial charge on any atom is 0.226 e. The quantitative estimate of drug-likeness (QED) is 0.755. The van der Waals surface area contributed by atoms with E-state index in [-0.39, 0.29) is 5.28 Å². The minimum Gasteiger partial charge on any atom is -0.383 e. The van der Waals surface area contributed by atoms with E-state index in [0.29, 0.717) is 17.7 Å². The molecule has 1 heterocycles. The molecule has 0 aliphatic carbocycles. The number of rotatable bonds is 4. The van der Waals surface area contributed by atoms with Crippen molar-refractivity contribution in [2.75, 3.05) is 11.1 Å². The normalized spacial score (nSPS) is 10.6. The first-order valence-corrected chi connectivity index (χ1v) is 5.10. The van der Waals surface area contributed by atoms with Gasteiger partial charge in [-0.3, -0.25) is 0 Å². The van der Waals surface area contributed by atoms with Crippen molar-refractivity contribution in [3.63, 3.8) is 0 Å². The molecule has 0 saturated carbocycles. The van der Waals surface area contributed by atoms with E-state index in [4.69, 9.17) is 17.3 Å². The number of hydrogen-bond acceptors (Lipinski definition) is 4. The summed E-state index contributed by atoms with van der Waals surface area (Å²) >= 11 is 5.68. The van der Waals surface area contributed by atoms with Crippen LogP contribution < -0.4 is 11.1 Å². The van der Waals surface area contributed by atoms with E-state index < -0.39 is 0 Å². The van der Waals surface area contributed by atoms with Crippen LogP contribution in [-0.2, 0) is 0 Å². The van der Waals surface area contributed by atoms with Crippen LogP contribution in [0.25, 0.3) is 0 Å². The lowest BCUT2D eigenvalue weighted by molar-refractivity contribution is 0.668. The van der Waals surface area contributed by atoms with Crippen LogP contribution in [0.15, 0.2) is 6.07 Å². The molecule has 4 nitrogen and oxygen atoms in total. The number of nitrogen functional groups attached to an aromatic ring is 1. The van der Waals surface area contributed by atoms with E-state index in [1.807, 2.05) is 0 Å². The lowest BCUT2D eigenvalue weighted by Gasteiger charge is -2.15. The van der Waals surface area contributed by atoms with Crippen molar-refractivity contribution in [2.45, 2.75) is 32.7 Å². The molecule has 0 aliphatic rings. The summed E-state index contributed by atoms with van der Waals surface area (Å²) in [6.07, 6.45) is 2.08. The topological polar surface area (TPSA) is 63.8 Å². The Hall–Kier alpha value is -1.03. The number of halogens is 1. The van der Waals surface area contributed by atoms with Crippen molar-refractivity contribution in [3.8, 4) is 0 Å². The van der Waals surface area contributed by atoms with E-state index in [9.17, 15) is 0 Å². The highest BCUT2D eigenvalue weighted by molar-refractivity contribution is 6.28. The first kappa shape index (κ1) is 11.0. The molecular formula is C9H15ClN4. The van der Waals surface area contributed by atoms with Gasteiger partial charge < -0.3 is 11.1 Å². The van der Waals surface area contributed by atoms with Gasteiger partial charge in [0.15, 0.2) is 0 Å². The summed E-state index contributed by atoms with van der Waals surface area (Å²) in [5, 5.41) is 3.42. The minimum absolute atomic E-state index is 0.179. The van der Waals surface area contributed by atoms with E-state index in [1.165, 1.54) is 0 Å². The molecule has 0 unspecified atom stereocenters. The maximum atomic E-state index is 5.68. The number of nitrogens with zero attached hydrogens (tertiary/aromatic N) is 2. The van der Waals surface area contributed by atoms with Crippen LogP contribution >= 0.6 is 11.6 Å². The number of aromatic nitrogens is 2. The summed E-state index contributed by atoms with van der Waals surface area (Å²) < 4.78 is 0. The molecule has 14 heavy (non-hydrogen) atoms. The number of nitrogens with two attached hydrogens (primary N) is 1. The molecule has 3 N–H and O–H groups in total. The molecule has 0 aromatic carbocycles. The fraction of sp³-hybridized carbons (Fsp3) is 0.556. The van der Waals surface area contributed by atoms with Gasteiger partial charge in [-0.15, -0.1) is 0 Å². The Morgan fingerprint density at radius 2 is 2.07 bits per heavy atom. The zero-order valence-electron chi connectivity index (χ0n) is 8.42. The van der Waals surface area contributed by atoms with Crippen molar-refractivity contribution in [1.29, 1.82) is 0 Å². The summed E-state index contributed by atoms with van der Waals surface area (Å²) in [5.74, 6) is 1.08. The van der Waals surface area contributed by atoms with E-state index >= 15 is 0 Å². The number of hydrogen-bond donors (Lipinski definition) is 2. The lowest BCUT2D eigenvalue weighted by atomic mass is 10.2. The second-order valence-electron chi connectivity index (χ2n) is 3.10. The first-order chi connectivity index (χ1) is 6.65. The molecule has 0 fully saturated rings. The van der Waals surface area contributed by atoms with Crippen LogP contribution in [0.4, 0.5) is 11.6 Å². The zero-order chi connectivity index (χ0) is 10.6. The molecule has 0 atom stereocenters. The Bertz CT molecular complexity index is 279. The molecule has 5 heteroatoms. The Morgan fingerprint density at radius 3 is 2.57 bits per heavy atom. The SMILES string of the molecule is CCC(CC)Nc1cc(N)nc(Cl)n1. The van der Waals surface area contributed by atoms with Gasteiger partial charge in [-0.2, -0.15) is 0 Å². The van der Waals surface area contributed by atoms with Crippen molar-refractivity contribution in [3.05, 3.63) is 11.3 Å². The third-order valence-corrected chi connectivity index (χ3v) is 2.23. The third kappa shape index (κ3) is 3.03. The maximum absolute atomic E-state index is 5.68. The van der Waals surface area contributed by atoms with Gasteiger partial charge in [0.25, 0.3) is 0 Å². The highest BCUT2D eigenvalue weighted by Crippen LogP contribution is 2.14. The molecule has 0 aliphatic heterocycles. The minimum atomic E-state index is 0.179. The van der Waals surface area contributed by atoms with Gasteiger partial charge >= 0.3 is 0 Å². The average Bonchev–Trinajstić information content (AvgIpc) is 2.12. The summed E-state index contributed by atoms with van der Waals surface area (Å²) in [6, 6.07) is 2.09. The van der Waals surface area contributed by atoms with Crippen molar-refractivity contribution in [2.24, 2.45) is 0 Å². The van der Waals surface area contributed by atoms with Gasteiger partial charge in [0.2, 0.25) is 5.28 Å². The van der Waals surface area contributed by atoms with Crippen molar-refractivity contribution >= 4 is 23.2 Å². The van der Waals surface area contributed by atoms with E-state index in [2.05, 4.69) is 29.1 Å². The van der Waals surface area contributed by atoms with Crippen molar-refractivity contribution < 1.29 is 0 Å². The molecule has 0 amide bonds. The predicted octanol–water partition coefficient (Wildman–Crippen LogP) is 2.31. The largest absolute Gasteiger partial charge is 0.383 e. The molecular weight excluding hydrogens is 200 g/mol. The summed E-state index contributed by atoms with van der Waals surface area (Å²) in [7, 11) is 0. The monoisotopic (exact) mass is 214 g/mol. The molecule has 0 radical (unpaired) electrons. The molecule has 1 aromatic rings. The van der Waals surface area contributed by atoms with Gasteiger partial charge in [-0.05, 0) is 24.4 Å². The number of anilines is 2. The van der Waals surface area contributed by atoms with Gasteiger partial charge in [0, 0.05) is 12.1 Å². The second-order valence-corrected chi connectivity index (χ2v) is 3.44. The third-order valence-electron chi connectivity index (χ3n) is 2.06. The van der Waals surface area contributed by atoms with Gasteiger partial charge in [-0.1, -0.05) is 13.8 Å².